The van der Waals surface area contributed by atoms with Gasteiger partial charge in [0, 0.05) is 18.0 Å². The molecular weight excluding hydrogens is 510 g/mol. The summed E-state index contributed by atoms with van der Waals surface area (Å²) >= 11 is 4.26. The van der Waals surface area contributed by atoms with Crippen LogP contribution in [0.3, 0.4) is 0 Å². The van der Waals surface area contributed by atoms with Gasteiger partial charge in [0.2, 0.25) is 0 Å². The van der Waals surface area contributed by atoms with Crippen molar-refractivity contribution in [1.29, 1.82) is 0 Å². The summed E-state index contributed by atoms with van der Waals surface area (Å²) in [5.41, 5.74) is 2.83. The van der Waals surface area contributed by atoms with Crippen LogP contribution in [0.4, 0.5) is 0 Å². The Balaban J connectivity index is 2.38. The number of aromatic carboxylic acids is 1. The molecule has 0 amide bonds. The van der Waals surface area contributed by atoms with Crippen molar-refractivity contribution in [1.82, 2.24) is 9.78 Å². The third kappa shape index (κ3) is 2.32. The van der Waals surface area contributed by atoms with E-state index in [2.05, 4.69) is 41.5 Å². The summed E-state index contributed by atoms with van der Waals surface area (Å²) in [7, 11) is 0. The summed E-state index contributed by atoms with van der Waals surface area (Å²) in [6, 6.07) is 1.63. The van der Waals surface area contributed by atoms with Crippen LogP contribution in [-0.2, 0) is 6.54 Å². The van der Waals surface area contributed by atoms with E-state index in [0.717, 1.165) is 26.9 Å². The van der Waals surface area contributed by atoms with Gasteiger partial charge in [-0.3, -0.25) is 4.68 Å². The van der Waals surface area contributed by atoms with Gasteiger partial charge in [-0.15, -0.1) is 0 Å². The molecule has 0 saturated carbocycles. The van der Waals surface area contributed by atoms with Gasteiger partial charge in [-0.1, -0.05) is 13.8 Å². The highest BCUT2D eigenvalue weighted by atomic mass is 127. The van der Waals surface area contributed by atoms with Crippen LogP contribution in [-0.4, -0.2) is 26.0 Å². The second-order valence-corrected chi connectivity index (χ2v) is 7.97. The maximum atomic E-state index is 11.4. The molecule has 0 bridgehead atoms. The third-order valence-electron chi connectivity index (χ3n) is 4.11. The average molecular weight is 524 g/mol. The van der Waals surface area contributed by atoms with Crippen molar-refractivity contribution in [2.75, 3.05) is 0 Å². The molecule has 5 nitrogen and oxygen atoms in total. The second-order valence-electron chi connectivity index (χ2n) is 5.73. The van der Waals surface area contributed by atoms with Gasteiger partial charge in [0.1, 0.15) is 11.3 Å². The van der Waals surface area contributed by atoms with Crippen molar-refractivity contribution >= 4 is 51.2 Å². The number of hydrogen-bond donors (Lipinski definition) is 2. The molecule has 7 heteroatoms. The fourth-order valence-corrected chi connectivity index (χ4v) is 4.49. The summed E-state index contributed by atoms with van der Waals surface area (Å²) in [5.74, 6) is -0.754. The van der Waals surface area contributed by atoms with Crippen molar-refractivity contribution in [2.45, 2.75) is 26.3 Å². The summed E-state index contributed by atoms with van der Waals surface area (Å²) in [4.78, 5) is 11.4. The molecule has 1 aliphatic rings. The average Bonchev–Trinajstić information content (AvgIpc) is 2.82. The Kier molecular flexibility index (Phi) is 4.12. The zero-order chi connectivity index (χ0) is 16.2. The zero-order valence-electron chi connectivity index (χ0n) is 12.0. The van der Waals surface area contributed by atoms with Crippen molar-refractivity contribution in [3.8, 4) is 17.0 Å². The molecule has 0 fully saturated rings. The van der Waals surface area contributed by atoms with Gasteiger partial charge >= 0.3 is 5.97 Å². The Morgan fingerprint density at radius 2 is 2.14 bits per heavy atom. The Labute approximate surface area is 155 Å². The SMILES string of the molecule is CC(C)[C@@H]1Cn2ncc(I)c2-c2c1cc(C(=O)O)c(O)c2I. The van der Waals surface area contributed by atoms with Crippen LogP contribution < -0.4 is 0 Å². The van der Waals surface area contributed by atoms with Gasteiger partial charge in [0.05, 0.1) is 19.0 Å². The van der Waals surface area contributed by atoms with Crippen LogP contribution >= 0.6 is 45.2 Å². The molecule has 22 heavy (non-hydrogen) atoms. The molecule has 1 aliphatic heterocycles. The molecule has 0 saturated heterocycles. The van der Waals surface area contributed by atoms with Crippen molar-refractivity contribution in [3.63, 3.8) is 0 Å². The van der Waals surface area contributed by atoms with E-state index in [4.69, 9.17) is 0 Å². The molecule has 0 aliphatic carbocycles. The first-order valence-corrected chi connectivity index (χ1v) is 8.99. The zero-order valence-corrected chi connectivity index (χ0v) is 16.3. The molecule has 2 heterocycles. The lowest BCUT2D eigenvalue weighted by Gasteiger charge is -2.31. The lowest BCUT2D eigenvalue weighted by Crippen LogP contribution is -2.23. The molecule has 0 radical (unpaired) electrons. The van der Waals surface area contributed by atoms with Gasteiger partial charge in [0.25, 0.3) is 0 Å². The van der Waals surface area contributed by atoms with Crippen molar-refractivity contribution in [3.05, 3.63) is 30.5 Å². The van der Waals surface area contributed by atoms with E-state index in [1.165, 1.54) is 0 Å². The monoisotopic (exact) mass is 524 g/mol. The molecule has 116 valence electrons. The number of rotatable bonds is 2. The Morgan fingerprint density at radius 1 is 1.45 bits per heavy atom. The first-order chi connectivity index (χ1) is 10.3. The summed E-state index contributed by atoms with van der Waals surface area (Å²) in [6.07, 6.45) is 1.81. The Morgan fingerprint density at radius 3 is 2.73 bits per heavy atom. The number of phenols is 1. The summed E-state index contributed by atoms with van der Waals surface area (Å²) in [5, 5.41) is 24.1. The van der Waals surface area contributed by atoms with Crippen LogP contribution in [0.15, 0.2) is 12.3 Å². The van der Waals surface area contributed by atoms with Gasteiger partial charge in [-0.2, -0.15) is 5.10 Å². The van der Waals surface area contributed by atoms with Crippen LogP contribution in [0.5, 0.6) is 5.75 Å². The number of carboxylic acid groups (broad SMARTS) is 1. The van der Waals surface area contributed by atoms with E-state index in [9.17, 15) is 15.0 Å². The van der Waals surface area contributed by atoms with Crippen LogP contribution in [0.25, 0.3) is 11.3 Å². The van der Waals surface area contributed by atoms with Gasteiger partial charge in [-0.25, -0.2) is 4.79 Å². The van der Waals surface area contributed by atoms with Gasteiger partial charge in [-0.05, 0) is 62.7 Å². The molecule has 2 aromatic rings. The molecule has 2 N–H and O–H groups in total. The summed E-state index contributed by atoms with van der Waals surface area (Å²) < 4.78 is 3.54. The topological polar surface area (TPSA) is 75.4 Å². The molecule has 3 rings (SSSR count). The van der Waals surface area contributed by atoms with Crippen LogP contribution in [0, 0.1) is 13.1 Å². The number of aromatic nitrogens is 2. The second kappa shape index (κ2) is 5.66. The van der Waals surface area contributed by atoms with Gasteiger partial charge < -0.3 is 10.2 Å². The first kappa shape index (κ1) is 16.0. The lowest BCUT2D eigenvalue weighted by atomic mass is 9.81. The number of aromatic hydroxyl groups is 1. The molecule has 0 spiro atoms. The maximum Gasteiger partial charge on any atom is 0.339 e. The number of hydrogen-bond acceptors (Lipinski definition) is 3. The molecule has 1 atom stereocenters. The fraction of sp³-hybridized carbons (Fsp3) is 0.333. The number of carbonyl (C=O) groups is 1. The summed E-state index contributed by atoms with van der Waals surface area (Å²) in [6.45, 7) is 4.96. The number of carboxylic acids is 1. The van der Waals surface area contributed by atoms with E-state index >= 15 is 0 Å². The maximum absolute atomic E-state index is 11.4. The minimum atomic E-state index is -1.10. The van der Waals surface area contributed by atoms with Crippen molar-refractivity contribution < 1.29 is 15.0 Å². The van der Waals surface area contributed by atoms with Crippen LogP contribution in [0.1, 0.15) is 35.7 Å². The van der Waals surface area contributed by atoms with E-state index in [1.54, 1.807) is 12.3 Å². The minimum Gasteiger partial charge on any atom is -0.506 e. The molecular formula is C15H14I2N2O3. The van der Waals surface area contributed by atoms with Gasteiger partial charge in [0.15, 0.2) is 0 Å². The van der Waals surface area contributed by atoms with E-state index in [-0.39, 0.29) is 17.2 Å². The van der Waals surface area contributed by atoms with Crippen molar-refractivity contribution in [2.24, 2.45) is 5.92 Å². The highest BCUT2D eigenvalue weighted by Gasteiger charge is 2.33. The van der Waals surface area contributed by atoms with Crippen LogP contribution in [0.2, 0.25) is 0 Å². The quantitative estimate of drug-likeness (QED) is 0.585. The molecule has 1 aromatic carbocycles. The number of halogens is 2. The number of benzene rings is 1. The fourth-order valence-electron chi connectivity index (χ4n) is 2.96. The predicted octanol–water partition coefficient (Wildman–Crippen LogP) is 3.92. The highest BCUT2D eigenvalue weighted by Crippen LogP contribution is 2.46. The standard InChI is InChI=1S/C15H14I2N2O3/c1-6(2)9-5-19-13(10(16)4-18-19)11-7(9)3-8(15(21)22)14(20)12(11)17/h3-4,6,9,20H,5H2,1-2H3,(H,21,22)/t9-/m0/s1. The normalized spacial score (nSPS) is 16.5. The molecule has 0 unspecified atom stereocenters. The smallest absolute Gasteiger partial charge is 0.339 e. The minimum absolute atomic E-state index is 0.0308. The van der Waals surface area contributed by atoms with E-state index in [0.29, 0.717) is 9.49 Å². The Bertz CT molecular complexity index is 784. The lowest BCUT2D eigenvalue weighted by molar-refractivity contribution is 0.0693. The Hall–Kier alpha value is -0.840. The van der Waals surface area contributed by atoms with E-state index in [1.807, 2.05) is 27.3 Å². The predicted molar refractivity (Wildman–Crippen MR) is 99.3 cm³/mol. The third-order valence-corrected chi connectivity index (χ3v) is 5.95. The largest absolute Gasteiger partial charge is 0.506 e. The molecule has 1 aromatic heterocycles. The highest BCUT2D eigenvalue weighted by molar-refractivity contribution is 14.1. The van der Waals surface area contributed by atoms with E-state index < -0.39 is 5.97 Å². The first-order valence-electron chi connectivity index (χ1n) is 6.83. The number of nitrogens with zero attached hydrogens (tertiary/aromatic N) is 2. The number of fused-ring (bicyclic) bond motifs is 3.